The Morgan fingerprint density at radius 2 is 1.97 bits per heavy atom. The van der Waals surface area contributed by atoms with Crippen molar-refractivity contribution in [3.8, 4) is 11.1 Å². The summed E-state index contributed by atoms with van der Waals surface area (Å²) < 4.78 is 53.6. The summed E-state index contributed by atoms with van der Waals surface area (Å²) in [6.45, 7) is 3.02. The molecule has 1 aromatic heterocycles. The van der Waals surface area contributed by atoms with E-state index in [4.69, 9.17) is 9.47 Å². The molecule has 1 saturated carbocycles. The smallest absolute Gasteiger partial charge is 0.324 e. The van der Waals surface area contributed by atoms with Crippen molar-refractivity contribution in [1.29, 1.82) is 0 Å². The van der Waals surface area contributed by atoms with E-state index in [0.717, 1.165) is 7.11 Å². The second kappa shape index (κ2) is 8.32. The van der Waals surface area contributed by atoms with E-state index >= 15 is 8.78 Å². The Labute approximate surface area is 189 Å². The fourth-order valence-corrected chi connectivity index (χ4v) is 5.15. The summed E-state index contributed by atoms with van der Waals surface area (Å²) in [5.41, 5.74) is -0.180. The number of esters is 2. The fraction of sp³-hybridized carbons (Fsp3) is 0.400. The molecule has 8 heteroatoms. The third-order valence-electron chi connectivity index (χ3n) is 6.89. The average molecular weight is 459 g/mol. The van der Waals surface area contributed by atoms with E-state index in [1.807, 2.05) is 0 Å². The Hall–Kier alpha value is -3.16. The molecule has 1 saturated heterocycles. The van der Waals surface area contributed by atoms with Crippen molar-refractivity contribution in [3.05, 3.63) is 60.2 Å². The number of carbonyl (C=O) groups excluding carboxylic acids is 2. The molecule has 0 radical (unpaired) electrons. The van der Waals surface area contributed by atoms with Gasteiger partial charge in [-0.25, -0.2) is 13.2 Å². The first-order valence-corrected chi connectivity index (χ1v) is 10.7. The minimum Gasteiger partial charge on any atom is -0.468 e. The largest absolute Gasteiger partial charge is 0.468 e. The average Bonchev–Trinajstić information content (AvgIpc) is 3.03. The molecule has 1 unspecified atom stereocenters. The molecule has 0 amide bonds. The van der Waals surface area contributed by atoms with Crippen molar-refractivity contribution in [1.82, 2.24) is 4.98 Å². The summed E-state index contributed by atoms with van der Waals surface area (Å²) in [5, 5.41) is 0. The summed E-state index contributed by atoms with van der Waals surface area (Å²) in [6, 6.07) is 9.54. The first-order valence-electron chi connectivity index (χ1n) is 10.7. The minimum absolute atomic E-state index is 0.361. The van der Waals surface area contributed by atoms with Crippen molar-refractivity contribution in [3.63, 3.8) is 0 Å². The summed E-state index contributed by atoms with van der Waals surface area (Å²) in [4.78, 5) is 29.6. The van der Waals surface area contributed by atoms with Gasteiger partial charge in [-0.3, -0.25) is 14.6 Å². The van der Waals surface area contributed by atoms with Crippen molar-refractivity contribution in [2.75, 3.05) is 7.11 Å². The minimum atomic E-state index is -3.28. The number of ether oxygens (including phenoxy) is 2. The first-order chi connectivity index (χ1) is 15.6. The second-order valence-electron chi connectivity index (χ2n) is 8.74. The number of nitrogens with zero attached hydrogens (tertiary/aromatic N) is 1. The maximum Gasteiger partial charge on any atom is 0.324 e. The van der Waals surface area contributed by atoms with E-state index in [1.54, 1.807) is 49.5 Å². The molecule has 0 bridgehead atoms. The molecular formula is C25H24F3NO4. The van der Waals surface area contributed by atoms with E-state index in [9.17, 15) is 14.0 Å². The van der Waals surface area contributed by atoms with Crippen LogP contribution in [0.25, 0.3) is 17.2 Å². The van der Waals surface area contributed by atoms with Gasteiger partial charge in [-0.1, -0.05) is 31.2 Å². The summed E-state index contributed by atoms with van der Waals surface area (Å²) >= 11 is 0. The molecule has 2 fully saturated rings. The maximum absolute atomic E-state index is 15.0. The van der Waals surface area contributed by atoms with Gasteiger partial charge in [-0.2, -0.15) is 0 Å². The molecule has 174 valence electrons. The van der Waals surface area contributed by atoms with Crippen LogP contribution in [-0.4, -0.2) is 36.1 Å². The number of hydrogen-bond donors (Lipinski definition) is 0. The first kappa shape index (κ1) is 23.0. The van der Waals surface area contributed by atoms with Crippen molar-refractivity contribution in [2.24, 2.45) is 23.2 Å². The topological polar surface area (TPSA) is 65.5 Å². The van der Waals surface area contributed by atoms with Crippen molar-refractivity contribution in [2.45, 2.75) is 32.3 Å². The van der Waals surface area contributed by atoms with Crippen LogP contribution in [0.2, 0.25) is 0 Å². The third-order valence-corrected chi connectivity index (χ3v) is 6.89. The van der Waals surface area contributed by atoms with Crippen LogP contribution in [-0.2, 0) is 19.1 Å². The monoisotopic (exact) mass is 459 g/mol. The molecule has 1 aliphatic heterocycles. The Morgan fingerprint density at radius 1 is 1.21 bits per heavy atom. The highest BCUT2D eigenvalue weighted by atomic mass is 19.3. The Balaban J connectivity index is 1.67. The van der Waals surface area contributed by atoms with Crippen LogP contribution >= 0.6 is 0 Å². The number of hydrogen-bond acceptors (Lipinski definition) is 5. The molecule has 5 atom stereocenters. The number of alkyl halides is 2. The van der Waals surface area contributed by atoms with Crippen LogP contribution < -0.4 is 0 Å². The van der Waals surface area contributed by atoms with Crippen LogP contribution in [0, 0.1) is 29.0 Å². The second-order valence-corrected chi connectivity index (χ2v) is 8.74. The maximum atomic E-state index is 15.0. The molecule has 2 aliphatic rings. The van der Waals surface area contributed by atoms with Gasteiger partial charge in [-0.15, -0.1) is 0 Å². The zero-order valence-electron chi connectivity index (χ0n) is 18.4. The number of benzene rings is 1. The predicted molar refractivity (Wildman–Crippen MR) is 114 cm³/mol. The van der Waals surface area contributed by atoms with Crippen LogP contribution in [0.3, 0.4) is 0 Å². The van der Waals surface area contributed by atoms with Crippen LogP contribution in [0.5, 0.6) is 0 Å². The van der Waals surface area contributed by atoms with Crippen LogP contribution in [0.1, 0.15) is 26.0 Å². The zero-order valence-corrected chi connectivity index (χ0v) is 18.4. The molecule has 0 spiro atoms. The lowest BCUT2D eigenvalue weighted by atomic mass is 9.56. The van der Waals surface area contributed by atoms with Gasteiger partial charge in [0.1, 0.15) is 11.9 Å². The zero-order chi connectivity index (χ0) is 24.0. The van der Waals surface area contributed by atoms with Crippen LogP contribution in [0.4, 0.5) is 13.2 Å². The van der Waals surface area contributed by atoms with Gasteiger partial charge in [0, 0.05) is 30.0 Å². The molecule has 2 heterocycles. The lowest BCUT2D eigenvalue weighted by Crippen LogP contribution is -2.57. The standard InChI is InChI=1S/C25H24F3NO4/c1-14-20(10-9-19-8-7-17(12-29-19)16-5-4-6-18(26)11-16)21-15(2)33-23(31)24(21,22(30)32-3)13-25(14,27)28/h4-12,14-15,20-21H,13H2,1-3H3/b10-9+/t14-,15+,20-,21?,24+/m0/s1. The number of fused-ring (bicyclic) bond motifs is 1. The van der Waals surface area contributed by atoms with E-state index in [-0.39, 0.29) is 5.82 Å². The predicted octanol–water partition coefficient (Wildman–Crippen LogP) is 4.91. The van der Waals surface area contributed by atoms with Crippen molar-refractivity contribution >= 4 is 18.0 Å². The quantitative estimate of drug-likeness (QED) is 0.480. The van der Waals surface area contributed by atoms with E-state index in [0.29, 0.717) is 16.8 Å². The molecule has 0 N–H and O–H groups in total. The highest BCUT2D eigenvalue weighted by Gasteiger charge is 2.72. The fourth-order valence-electron chi connectivity index (χ4n) is 5.15. The summed E-state index contributed by atoms with van der Waals surface area (Å²) in [7, 11) is 1.08. The Bertz CT molecular complexity index is 1090. The lowest BCUT2D eigenvalue weighted by Gasteiger charge is -2.46. The number of aromatic nitrogens is 1. The van der Waals surface area contributed by atoms with Gasteiger partial charge in [0.2, 0.25) is 0 Å². The Morgan fingerprint density at radius 3 is 2.61 bits per heavy atom. The van der Waals surface area contributed by atoms with Crippen LogP contribution in [0.15, 0.2) is 48.7 Å². The number of methoxy groups -OCH3 is 1. The molecule has 4 rings (SSSR count). The third kappa shape index (κ3) is 3.81. The van der Waals surface area contributed by atoms with E-state index < -0.39 is 53.6 Å². The summed E-state index contributed by atoms with van der Waals surface area (Å²) in [5.74, 6) is -8.37. The summed E-state index contributed by atoms with van der Waals surface area (Å²) in [6.07, 6.45) is 3.06. The number of cyclic esters (lactones) is 1. The van der Waals surface area contributed by atoms with Gasteiger partial charge in [-0.05, 0) is 42.7 Å². The van der Waals surface area contributed by atoms with Gasteiger partial charge in [0.25, 0.3) is 5.92 Å². The van der Waals surface area contributed by atoms with Gasteiger partial charge >= 0.3 is 11.9 Å². The highest BCUT2D eigenvalue weighted by Crippen LogP contribution is 2.59. The normalized spacial score (nSPS) is 30.7. The molecule has 5 nitrogen and oxygen atoms in total. The van der Waals surface area contributed by atoms with Crippen molar-refractivity contribution < 1.29 is 32.2 Å². The molecule has 2 aromatic rings. The molecule has 1 aromatic carbocycles. The van der Waals surface area contributed by atoms with E-state index in [2.05, 4.69) is 4.98 Å². The van der Waals surface area contributed by atoms with Gasteiger partial charge in [0.15, 0.2) is 5.41 Å². The molecule has 33 heavy (non-hydrogen) atoms. The highest BCUT2D eigenvalue weighted by molar-refractivity contribution is 6.02. The number of pyridine rings is 1. The lowest BCUT2D eigenvalue weighted by molar-refractivity contribution is -0.190. The number of carbonyl (C=O) groups is 2. The SMILES string of the molecule is COC(=O)[C@@]12CC(F)(F)[C@@H](C)[C@H](/C=C/c3ccc(-c4cccc(F)c4)cn3)C1[C@@H](C)OC2=O. The molecule has 1 aliphatic carbocycles. The van der Waals surface area contributed by atoms with E-state index in [1.165, 1.54) is 19.1 Å². The Kier molecular flexibility index (Phi) is 5.80. The number of rotatable bonds is 4. The van der Waals surface area contributed by atoms with Gasteiger partial charge in [0.05, 0.1) is 12.8 Å². The molecular weight excluding hydrogens is 435 g/mol. The number of halogens is 3. The van der Waals surface area contributed by atoms with Gasteiger partial charge < -0.3 is 9.47 Å². The number of allylic oxidation sites excluding steroid dienone is 1.